The van der Waals surface area contributed by atoms with Crippen LogP contribution in [0.1, 0.15) is 79.6 Å². The lowest BCUT2D eigenvalue weighted by atomic mass is 9.88. The highest BCUT2D eigenvalue weighted by Gasteiger charge is 2.62. The number of halogens is 3. The van der Waals surface area contributed by atoms with Gasteiger partial charge in [0.25, 0.3) is 12.3 Å². The van der Waals surface area contributed by atoms with Crippen LogP contribution < -0.4 is 24.8 Å². The molecule has 1 aromatic carbocycles. The zero-order valence-electron chi connectivity index (χ0n) is 32.6. The lowest BCUT2D eigenvalue weighted by molar-refractivity contribution is -0.142. The maximum Gasteiger partial charge on any atom is 0.408 e. The molecular formula is C39H50ClF2N5O9S. The molecule has 3 N–H and O–H groups in total. The van der Waals surface area contributed by atoms with Crippen molar-refractivity contribution in [3.8, 4) is 11.8 Å². The van der Waals surface area contributed by atoms with Crippen molar-refractivity contribution in [2.45, 2.75) is 121 Å². The van der Waals surface area contributed by atoms with E-state index in [4.69, 9.17) is 25.8 Å². The first kappa shape index (κ1) is 42.4. The monoisotopic (exact) mass is 837 g/mol. The number of sulfonamides is 1. The Morgan fingerprint density at radius 3 is 2.54 bits per heavy atom. The van der Waals surface area contributed by atoms with Gasteiger partial charge >= 0.3 is 6.09 Å². The Labute approximate surface area is 335 Å². The van der Waals surface area contributed by atoms with E-state index in [2.05, 4.69) is 20.3 Å². The Kier molecular flexibility index (Phi) is 12.3. The van der Waals surface area contributed by atoms with Crippen molar-refractivity contribution in [3.05, 3.63) is 41.4 Å². The van der Waals surface area contributed by atoms with Crippen LogP contribution in [0.15, 0.2) is 36.4 Å². The molecule has 312 valence electrons. The third-order valence-electron chi connectivity index (χ3n) is 10.7. The average Bonchev–Trinajstić information content (AvgIpc) is 4.04. The van der Waals surface area contributed by atoms with Gasteiger partial charge in [0.05, 0.1) is 11.8 Å². The van der Waals surface area contributed by atoms with Crippen molar-refractivity contribution in [1.29, 1.82) is 0 Å². The summed E-state index contributed by atoms with van der Waals surface area (Å²) in [6.45, 7) is 7.82. The number of pyridine rings is 1. The van der Waals surface area contributed by atoms with E-state index in [1.165, 1.54) is 11.0 Å². The van der Waals surface area contributed by atoms with Crippen molar-refractivity contribution in [2.75, 3.05) is 13.2 Å². The number of hydrogen-bond acceptors (Lipinski definition) is 10. The molecule has 7 unspecified atom stereocenters. The number of alkyl carbamates (subject to hydrolysis) is 1. The first-order valence-corrected chi connectivity index (χ1v) is 21.2. The number of hydrogen-bond donors (Lipinski definition) is 3. The number of nitrogens with zero attached hydrogens (tertiary/aromatic N) is 2. The topological polar surface area (TPSA) is 182 Å². The number of fused-ring (bicyclic) bond motifs is 3. The van der Waals surface area contributed by atoms with Gasteiger partial charge in [-0.25, -0.2) is 22.0 Å². The van der Waals surface area contributed by atoms with E-state index in [1.54, 1.807) is 39.0 Å². The molecule has 14 nitrogen and oxygen atoms in total. The van der Waals surface area contributed by atoms with E-state index in [1.807, 2.05) is 26.0 Å². The highest BCUT2D eigenvalue weighted by atomic mass is 35.5. The van der Waals surface area contributed by atoms with Gasteiger partial charge in [-0.05, 0) is 83.3 Å². The first-order valence-electron chi connectivity index (χ1n) is 19.3. The quantitative estimate of drug-likeness (QED) is 0.282. The molecular weight excluding hydrogens is 788 g/mol. The van der Waals surface area contributed by atoms with Gasteiger partial charge in [-0.2, -0.15) is 4.98 Å². The molecule has 3 heterocycles. The van der Waals surface area contributed by atoms with Gasteiger partial charge in [-0.3, -0.25) is 19.1 Å². The van der Waals surface area contributed by atoms with Gasteiger partial charge in [-0.15, -0.1) is 0 Å². The molecule has 1 aromatic heterocycles. The molecule has 4 aliphatic rings. The van der Waals surface area contributed by atoms with Crippen LogP contribution in [0, 0.1) is 17.8 Å². The second-order valence-corrected chi connectivity index (χ2v) is 19.0. The average molecular weight is 838 g/mol. The Morgan fingerprint density at radius 1 is 1.12 bits per heavy atom. The molecule has 4 amide bonds. The number of nitrogens with one attached hydrogen (secondary N) is 3. The second kappa shape index (κ2) is 16.5. The zero-order chi connectivity index (χ0) is 41.4. The van der Waals surface area contributed by atoms with E-state index in [9.17, 15) is 36.4 Å². The fourth-order valence-corrected chi connectivity index (χ4v) is 9.18. The predicted octanol–water partition coefficient (Wildman–Crippen LogP) is 5.27. The molecule has 57 heavy (non-hydrogen) atoms. The number of benzene rings is 1. The first-order chi connectivity index (χ1) is 26.8. The molecule has 2 aliphatic carbocycles. The number of rotatable bonds is 9. The van der Waals surface area contributed by atoms with E-state index in [-0.39, 0.29) is 42.1 Å². The molecule has 1 saturated heterocycles. The van der Waals surface area contributed by atoms with Crippen LogP contribution in [0.5, 0.6) is 11.8 Å². The maximum absolute atomic E-state index is 14.8. The Balaban J connectivity index is 1.36. The van der Waals surface area contributed by atoms with Crippen LogP contribution in [0.25, 0.3) is 10.8 Å². The minimum absolute atomic E-state index is 0.0426. The number of allylic oxidation sites excluding steroid dienone is 1. The molecule has 2 aliphatic heterocycles. The standard InChI is InChI=1S/C39H50ClF2N5O9S/c1-21-9-6-7-10-23-18-39(23,36(50)46-57(52,53)25-13-14-25)45-33(48)29-16-24(19-47(29)35(49)32(22(2)15-21)44-37(51)56-38(3,4)5)55-34-26-11-8-12-28(40)27(26)17-31(43-34)54-20-30(41)42/h7-8,10-12,17,21-25,29-30,32H,6,9,13-16,18-20H2,1-5H3,(H,44,51)(H,45,48)(H,46,50). The highest BCUT2D eigenvalue weighted by molar-refractivity contribution is 7.91. The minimum atomic E-state index is -3.96. The zero-order valence-corrected chi connectivity index (χ0v) is 34.1. The van der Waals surface area contributed by atoms with Crippen LogP contribution >= 0.6 is 11.6 Å². The van der Waals surface area contributed by atoms with Crippen LogP contribution in [0.3, 0.4) is 0 Å². The number of carbonyl (C=O) groups excluding carboxylic acids is 4. The normalized spacial score (nSPS) is 28.4. The van der Waals surface area contributed by atoms with E-state index < -0.39 is 93.3 Å². The Hall–Kier alpha value is -4.25. The third kappa shape index (κ3) is 10.1. The molecule has 6 rings (SSSR count). The van der Waals surface area contributed by atoms with E-state index in [0.717, 1.165) is 6.42 Å². The van der Waals surface area contributed by atoms with Crippen molar-refractivity contribution >= 4 is 56.2 Å². The number of amides is 4. The van der Waals surface area contributed by atoms with Crippen LogP contribution in [-0.4, -0.2) is 96.3 Å². The highest BCUT2D eigenvalue weighted by Crippen LogP contribution is 2.46. The fraction of sp³-hybridized carbons (Fsp3) is 0.615. The Morgan fingerprint density at radius 2 is 1.86 bits per heavy atom. The molecule has 3 fully saturated rings. The summed E-state index contributed by atoms with van der Waals surface area (Å²) in [6.07, 6.45) is 1.96. The lowest BCUT2D eigenvalue weighted by Crippen LogP contribution is -2.59. The van der Waals surface area contributed by atoms with Crippen LogP contribution in [-0.2, 0) is 29.1 Å². The maximum atomic E-state index is 14.8. The van der Waals surface area contributed by atoms with Crippen molar-refractivity contribution in [3.63, 3.8) is 0 Å². The molecule has 0 spiro atoms. The summed E-state index contributed by atoms with van der Waals surface area (Å²) < 4.78 is 71.3. The summed E-state index contributed by atoms with van der Waals surface area (Å²) in [5, 5.41) is 5.99. The van der Waals surface area contributed by atoms with Gasteiger partial charge in [0.2, 0.25) is 33.6 Å². The van der Waals surface area contributed by atoms with Crippen molar-refractivity contribution < 1.29 is 50.6 Å². The molecule has 18 heteroatoms. The molecule has 2 saturated carbocycles. The van der Waals surface area contributed by atoms with Gasteiger partial charge < -0.3 is 29.7 Å². The van der Waals surface area contributed by atoms with Gasteiger partial charge in [0, 0.05) is 34.2 Å². The van der Waals surface area contributed by atoms with Crippen molar-refractivity contribution in [2.24, 2.45) is 17.8 Å². The van der Waals surface area contributed by atoms with Gasteiger partial charge in [0.1, 0.15) is 29.3 Å². The van der Waals surface area contributed by atoms with Gasteiger partial charge in [-0.1, -0.05) is 43.7 Å². The minimum Gasteiger partial charge on any atom is -0.472 e. The summed E-state index contributed by atoms with van der Waals surface area (Å²) in [4.78, 5) is 61.9. The van der Waals surface area contributed by atoms with Gasteiger partial charge in [0.15, 0.2) is 6.61 Å². The van der Waals surface area contributed by atoms with Crippen LogP contribution in [0.4, 0.5) is 13.6 Å². The summed E-state index contributed by atoms with van der Waals surface area (Å²) in [5.74, 6) is -3.25. The Bertz CT molecular complexity index is 2030. The number of alkyl halides is 2. The number of aromatic nitrogens is 1. The number of carbonyl (C=O) groups is 4. The predicted molar refractivity (Wildman–Crippen MR) is 206 cm³/mol. The van der Waals surface area contributed by atoms with E-state index in [0.29, 0.717) is 36.5 Å². The molecule has 2 aromatic rings. The largest absolute Gasteiger partial charge is 0.472 e. The number of ether oxygens (including phenoxy) is 3. The van der Waals surface area contributed by atoms with Crippen molar-refractivity contribution in [1.82, 2.24) is 25.2 Å². The fourth-order valence-electron chi connectivity index (χ4n) is 7.59. The summed E-state index contributed by atoms with van der Waals surface area (Å²) in [6, 6.07) is 3.92. The summed E-state index contributed by atoms with van der Waals surface area (Å²) in [5.41, 5.74) is -2.47. The summed E-state index contributed by atoms with van der Waals surface area (Å²) >= 11 is 6.47. The van der Waals surface area contributed by atoms with E-state index >= 15 is 0 Å². The SMILES string of the molecule is CC1CCC=CC2CC2(C(=O)NS(=O)(=O)C2CC2)NC(=O)C2CC(Oc3nc(OCC(F)F)cc4c(Cl)cccc34)CN2C(=O)C(NC(=O)OC(C)(C)C)C(C)C1. The smallest absolute Gasteiger partial charge is 0.408 e. The molecule has 0 radical (unpaired) electrons. The van der Waals surface area contributed by atoms with Crippen LogP contribution in [0.2, 0.25) is 5.02 Å². The second-order valence-electron chi connectivity index (χ2n) is 16.7. The lowest BCUT2D eigenvalue weighted by Gasteiger charge is -2.33. The third-order valence-corrected chi connectivity index (χ3v) is 12.8. The molecule has 0 bridgehead atoms. The molecule has 7 atom stereocenters. The summed E-state index contributed by atoms with van der Waals surface area (Å²) in [7, 11) is -3.96.